The first-order chi connectivity index (χ1) is 6.50. The van der Waals surface area contributed by atoms with Crippen molar-refractivity contribution < 1.29 is 14.7 Å². The lowest BCUT2D eigenvalue weighted by molar-refractivity contribution is -0.146. The van der Waals surface area contributed by atoms with Gasteiger partial charge in [0.05, 0.1) is 12.5 Å². The molecule has 0 fully saturated rings. The Labute approximate surface area is 83.7 Å². The topological polar surface area (TPSA) is 66.4 Å². The maximum absolute atomic E-state index is 11.3. The Morgan fingerprint density at radius 1 is 1.36 bits per heavy atom. The number of hydrogen-bond donors (Lipinski definition) is 2. The molecule has 0 bridgehead atoms. The average molecular weight is 197 g/mol. The molecule has 2 N–H and O–H groups in total. The van der Waals surface area contributed by atoms with Crippen LogP contribution in [0.25, 0.3) is 0 Å². The van der Waals surface area contributed by atoms with Crippen molar-refractivity contribution in [2.45, 2.75) is 20.8 Å². The first-order valence-electron chi connectivity index (χ1n) is 4.40. The second kappa shape index (κ2) is 6.03. The molecule has 2 unspecified atom stereocenters. The number of aliphatic carboxylic acids is 1. The Bertz CT molecular complexity index is 275. The van der Waals surface area contributed by atoms with Gasteiger partial charge in [0, 0.05) is 5.92 Å². The van der Waals surface area contributed by atoms with Crippen molar-refractivity contribution in [1.29, 1.82) is 0 Å². The van der Waals surface area contributed by atoms with E-state index in [1.165, 1.54) is 6.92 Å². The van der Waals surface area contributed by atoms with Gasteiger partial charge in [0.2, 0.25) is 5.91 Å². The Kier molecular flexibility index (Phi) is 5.38. The minimum atomic E-state index is -0.964. The molecule has 78 valence electrons. The molecule has 0 radical (unpaired) electrons. The van der Waals surface area contributed by atoms with Gasteiger partial charge in [0.25, 0.3) is 0 Å². The van der Waals surface area contributed by atoms with Gasteiger partial charge in [-0.15, -0.1) is 5.92 Å². The van der Waals surface area contributed by atoms with E-state index in [0.717, 1.165) is 0 Å². The van der Waals surface area contributed by atoms with Crippen LogP contribution < -0.4 is 5.32 Å². The third-order valence-corrected chi connectivity index (χ3v) is 2.08. The van der Waals surface area contributed by atoms with Crippen LogP contribution in [0.3, 0.4) is 0 Å². The Morgan fingerprint density at radius 2 is 1.93 bits per heavy atom. The van der Waals surface area contributed by atoms with Gasteiger partial charge in [0.15, 0.2) is 0 Å². The monoisotopic (exact) mass is 197 g/mol. The molecular weight excluding hydrogens is 182 g/mol. The van der Waals surface area contributed by atoms with E-state index < -0.39 is 17.8 Å². The highest BCUT2D eigenvalue weighted by atomic mass is 16.4. The van der Waals surface area contributed by atoms with Gasteiger partial charge in [-0.1, -0.05) is 19.8 Å². The molecule has 0 aromatic heterocycles. The smallest absolute Gasteiger partial charge is 0.307 e. The number of rotatable bonds is 4. The van der Waals surface area contributed by atoms with Crippen molar-refractivity contribution in [2.75, 3.05) is 6.54 Å². The van der Waals surface area contributed by atoms with E-state index in [1.54, 1.807) is 13.8 Å². The zero-order valence-corrected chi connectivity index (χ0v) is 8.63. The van der Waals surface area contributed by atoms with Crippen molar-refractivity contribution >= 4 is 11.9 Å². The van der Waals surface area contributed by atoms with Crippen LogP contribution in [-0.2, 0) is 9.59 Å². The zero-order chi connectivity index (χ0) is 11.1. The molecule has 0 aliphatic heterocycles. The minimum Gasteiger partial charge on any atom is -0.481 e. The molecule has 0 aliphatic rings. The second-order valence-electron chi connectivity index (χ2n) is 3.06. The number of carboxylic acids is 1. The highest BCUT2D eigenvalue weighted by molar-refractivity contribution is 5.84. The number of hydrogen-bond acceptors (Lipinski definition) is 2. The lowest BCUT2D eigenvalue weighted by atomic mass is 9.95. The van der Waals surface area contributed by atoms with Crippen molar-refractivity contribution in [3.63, 3.8) is 0 Å². The fourth-order valence-corrected chi connectivity index (χ4v) is 0.822. The lowest BCUT2D eigenvalue weighted by Crippen LogP contribution is -2.35. The summed E-state index contributed by atoms with van der Waals surface area (Å²) in [6.07, 6.45) is 0. The van der Waals surface area contributed by atoms with Crippen LogP contribution in [0.2, 0.25) is 0 Å². The van der Waals surface area contributed by atoms with Crippen molar-refractivity contribution in [3.05, 3.63) is 0 Å². The number of carboxylic acid groups (broad SMARTS) is 1. The third-order valence-electron chi connectivity index (χ3n) is 2.08. The van der Waals surface area contributed by atoms with Gasteiger partial charge in [-0.25, -0.2) is 0 Å². The van der Waals surface area contributed by atoms with Crippen LogP contribution >= 0.6 is 0 Å². The summed E-state index contributed by atoms with van der Waals surface area (Å²) in [6, 6.07) is 0. The van der Waals surface area contributed by atoms with Gasteiger partial charge in [-0.3, -0.25) is 9.59 Å². The summed E-state index contributed by atoms with van der Waals surface area (Å²) < 4.78 is 0. The summed E-state index contributed by atoms with van der Waals surface area (Å²) in [7, 11) is 0. The molecular formula is C10H15NO3. The lowest BCUT2D eigenvalue weighted by Gasteiger charge is -2.14. The highest BCUT2D eigenvalue weighted by Gasteiger charge is 2.25. The molecule has 0 saturated heterocycles. The van der Waals surface area contributed by atoms with E-state index in [-0.39, 0.29) is 12.5 Å². The fraction of sp³-hybridized carbons (Fsp3) is 0.600. The Balaban J connectivity index is 4.09. The first kappa shape index (κ1) is 12.5. The SMILES string of the molecule is CC#CCNC(=O)C(C)C(C)C(=O)O. The van der Waals surface area contributed by atoms with Crippen LogP contribution in [0.1, 0.15) is 20.8 Å². The zero-order valence-electron chi connectivity index (χ0n) is 8.63. The van der Waals surface area contributed by atoms with Gasteiger partial charge < -0.3 is 10.4 Å². The van der Waals surface area contributed by atoms with Crippen molar-refractivity contribution in [1.82, 2.24) is 5.32 Å². The first-order valence-corrected chi connectivity index (χ1v) is 4.40. The quantitative estimate of drug-likeness (QED) is 0.644. The van der Waals surface area contributed by atoms with Crippen LogP contribution in [0.5, 0.6) is 0 Å². The maximum atomic E-state index is 11.3. The summed E-state index contributed by atoms with van der Waals surface area (Å²) in [5.74, 6) is 2.85. The number of amides is 1. The standard InChI is InChI=1S/C10H15NO3/c1-4-5-6-11-9(12)7(2)8(3)10(13)14/h7-8H,6H2,1-3H3,(H,11,12)(H,13,14). The molecule has 0 spiro atoms. The molecule has 0 aromatic rings. The van der Waals surface area contributed by atoms with E-state index in [4.69, 9.17) is 5.11 Å². The molecule has 0 saturated carbocycles. The summed E-state index contributed by atoms with van der Waals surface area (Å²) in [4.78, 5) is 21.9. The summed E-state index contributed by atoms with van der Waals surface area (Å²) in [5, 5.41) is 11.2. The largest absolute Gasteiger partial charge is 0.481 e. The Hall–Kier alpha value is -1.50. The van der Waals surface area contributed by atoms with Crippen LogP contribution in [0.4, 0.5) is 0 Å². The molecule has 0 rings (SSSR count). The van der Waals surface area contributed by atoms with E-state index in [2.05, 4.69) is 17.2 Å². The van der Waals surface area contributed by atoms with Crippen molar-refractivity contribution in [3.8, 4) is 11.8 Å². The number of carbonyl (C=O) groups is 2. The minimum absolute atomic E-state index is 0.270. The maximum Gasteiger partial charge on any atom is 0.307 e. The predicted molar refractivity (Wildman–Crippen MR) is 52.4 cm³/mol. The van der Waals surface area contributed by atoms with E-state index in [0.29, 0.717) is 0 Å². The number of carbonyl (C=O) groups excluding carboxylic acids is 1. The number of nitrogens with one attached hydrogen (secondary N) is 1. The van der Waals surface area contributed by atoms with Gasteiger partial charge in [-0.2, -0.15) is 0 Å². The van der Waals surface area contributed by atoms with Gasteiger partial charge in [0.1, 0.15) is 0 Å². The second-order valence-corrected chi connectivity index (χ2v) is 3.06. The highest BCUT2D eigenvalue weighted by Crippen LogP contribution is 2.10. The molecule has 1 amide bonds. The fourth-order valence-electron chi connectivity index (χ4n) is 0.822. The van der Waals surface area contributed by atoms with E-state index in [9.17, 15) is 9.59 Å². The summed E-state index contributed by atoms with van der Waals surface area (Å²) >= 11 is 0. The van der Waals surface area contributed by atoms with Crippen LogP contribution in [0, 0.1) is 23.7 Å². The summed E-state index contributed by atoms with van der Waals surface area (Å²) in [6.45, 7) is 5.05. The molecule has 14 heavy (non-hydrogen) atoms. The van der Waals surface area contributed by atoms with Crippen LogP contribution in [0.15, 0.2) is 0 Å². The van der Waals surface area contributed by atoms with Crippen molar-refractivity contribution in [2.24, 2.45) is 11.8 Å². The third kappa shape index (κ3) is 3.94. The average Bonchev–Trinajstić information content (AvgIpc) is 2.15. The molecule has 4 heteroatoms. The molecule has 2 atom stereocenters. The van der Waals surface area contributed by atoms with Crippen LogP contribution in [-0.4, -0.2) is 23.5 Å². The molecule has 0 aliphatic carbocycles. The molecule has 0 aromatic carbocycles. The Morgan fingerprint density at radius 3 is 2.36 bits per heavy atom. The normalized spacial score (nSPS) is 13.4. The van der Waals surface area contributed by atoms with E-state index >= 15 is 0 Å². The van der Waals surface area contributed by atoms with Gasteiger partial charge >= 0.3 is 5.97 Å². The molecule has 0 heterocycles. The molecule has 4 nitrogen and oxygen atoms in total. The predicted octanol–water partition coefficient (Wildman–Crippen LogP) is 0.483. The van der Waals surface area contributed by atoms with E-state index in [1.807, 2.05) is 0 Å². The summed E-state index contributed by atoms with van der Waals surface area (Å²) in [5.41, 5.74) is 0. The van der Waals surface area contributed by atoms with Gasteiger partial charge in [-0.05, 0) is 6.92 Å².